The van der Waals surface area contributed by atoms with Gasteiger partial charge in [-0.2, -0.15) is 0 Å². The monoisotopic (exact) mass is 224 g/mol. The molecule has 1 aliphatic carbocycles. The molecule has 0 aromatic rings. The van der Waals surface area contributed by atoms with E-state index in [4.69, 9.17) is 0 Å². The van der Waals surface area contributed by atoms with E-state index in [1.807, 2.05) is 4.90 Å². The van der Waals surface area contributed by atoms with E-state index < -0.39 is 0 Å². The van der Waals surface area contributed by atoms with Gasteiger partial charge in [0.2, 0.25) is 0 Å². The zero-order valence-corrected chi connectivity index (χ0v) is 10.8. The van der Waals surface area contributed by atoms with Gasteiger partial charge in [0.1, 0.15) is 0 Å². The molecule has 2 rings (SSSR count). The number of nitrogens with one attached hydrogen (secondary N) is 1. The normalized spacial score (nSPS) is 23.3. The van der Waals surface area contributed by atoms with Crippen LogP contribution in [-0.2, 0) is 0 Å². The predicted octanol–water partition coefficient (Wildman–Crippen LogP) is 2.62. The molecule has 0 spiro atoms. The Labute approximate surface area is 98.6 Å². The molecule has 2 amide bonds. The summed E-state index contributed by atoms with van der Waals surface area (Å²) < 4.78 is 0. The van der Waals surface area contributed by atoms with Gasteiger partial charge in [-0.15, -0.1) is 0 Å². The van der Waals surface area contributed by atoms with Gasteiger partial charge in [-0.25, -0.2) is 4.79 Å². The SMILES string of the molecule is CC(C)(C)C1CCN(C(=O)NC2CC2)CC1. The minimum absolute atomic E-state index is 0.162. The summed E-state index contributed by atoms with van der Waals surface area (Å²) in [4.78, 5) is 13.8. The number of likely N-dealkylation sites (tertiary alicyclic amines) is 1. The van der Waals surface area contributed by atoms with Crippen molar-refractivity contribution in [2.24, 2.45) is 11.3 Å². The molecular formula is C13H24N2O. The zero-order chi connectivity index (χ0) is 11.8. The molecule has 1 N–H and O–H groups in total. The molecule has 92 valence electrons. The number of piperidine rings is 1. The minimum atomic E-state index is 0.162. The molecule has 0 aromatic carbocycles. The van der Waals surface area contributed by atoms with E-state index in [1.54, 1.807) is 0 Å². The summed E-state index contributed by atoms with van der Waals surface area (Å²) in [6.45, 7) is 8.77. The molecule has 1 saturated carbocycles. The molecule has 3 heteroatoms. The molecule has 0 aromatic heterocycles. The minimum Gasteiger partial charge on any atom is -0.335 e. The Bertz CT molecular complexity index is 258. The maximum absolute atomic E-state index is 11.8. The molecule has 1 heterocycles. The summed E-state index contributed by atoms with van der Waals surface area (Å²) in [5.41, 5.74) is 0.388. The fourth-order valence-electron chi connectivity index (χ4n) is 2.44. The quantitative estimate of drug-likeness (QED) is 0.729. The maximum Gasteiger partial charge on any atom is 0.317 e. The summed E-state index contributed by atoms with van der Waals surface area (Å²) in [6, 6.07) is 0.641. The third-order valence-electron chi connectivity index (χ3n) is 3.91. The van der Waals surface area contributed by atoms with E-state index in [9.17, 15) is 4.79 Å². The van der Waals surface area contributed by atoms with Crippen LogP contribution >= 0.6 is 0 Å². The van der Waals surface area contributed by atoms with Crippen molar-refractivity contribution < 1.29 is 4.79 Å². The van der Waals surface area contributed by atoms with Gasteiger partial charge >= 0.3 is 6.03 Å². The highest BCUT2D eigenvalue weighted by molar-refractivity contribution is 5.74. The molecular weight excluding hydrogens is 200 g/mol. The van der Waals surface area contributed by atoms with Crippen LogP contribution in [0, 0.1) is 11.3 Å². The lowest BCUT2D eigenvalue weighted by atomic mass is 9.75. The van der Waals surface area contributed by atoms with Crippen LogP contribution in [0.15, 0.2) is 0 Å². The van der Waals surface area contributed by atoms with E-state index in [0.29, 0.717) is 11.5 Å². The molecule has 3 nitrogen and oxygen atoms in total. The Hall–Kier alpha value is -0.730. The van der Waals surface area contributed by atoms with Crippen LogP contribution in [-0.4, -0.2) is 30.1 Å². The number of hydrogen-bond acceptors (Lipinski definition) is 1. The van der Waals surface area contributed by atoms with E-state index >= 15 is 0 Å². The molecule has 0 atom stereocenters. The van der Waals surface area contributed by atoms with Crippen molar-refractivity contribution in [3.05, 3.63) is 0 Å². The van der Waals surface area contributed by atoms with Crippen molar-refractivity contribution in [2.75, 3.05) is 13.1 Å². The first-order valence-corrected chi connectivity index (χ1v) is 6.52. The lowest BCUT2D eigenvalue weighted by molar-refractivity contribution is 0.122. The average molecular weight is 224 g/mol. The second-order valence-electron chi connectivity index (χ2n) is 6.35. The van der Waals surface area contributed by atoms with Crippen LogP contribution in [0.1, 0.15) is 46.5 Å². The number of amides is 2. The number of urea groups is 1. The van der Waals surface area contributed by atoms with Crippen molar-refractivity contribution in [3.8, 4) is 0 Å². The standard InChI is InChI=1S/C13H24N2O/c1-13(2,3)10-6-8-15(9-7-10)12(16)14-11-4-5-11/h10-11H,4-9H2,1-3H3,(H,14,16). The van der Waals surface area contributed by atoms with E-state index in [0.717, 1.165) is 31.8 Å². The Kier molecular flexibility index (Phi) is 3.13. The van der Waals surface area contributed by atoms with Gasteiger partial charge in [0.05, 0.1) is 0 Å². The van der Waals surface area contributed by atoms with Crippen LogP contribution in [0.2, 0.25) is 0 Å². The Balaban J connectivity index is 1.77. The summed E-state index contributed by atoms with van der Waals surface area (Å²) in [6.07, 6.45) is 4.65. The first-order valence-electron chi connectivity index (χ1n) is 6.52. The highest BCUT2D eigenvalue weighted by atomic mass is 16.2. The maximum atomic E-state index is 11.8. The summed E-state index contributed by atoms with van der Waals surface area (Å²) in [5.74, 6) is 0.762. The third-order valence-corrected chi connectivity index (χ3v) is 3.91. The van der Waals surface area contributed by atoms with Crippen LogP contribution < -0.4 is 5.32 Å². The van der Waals surface area contributed by atoms with Gasteiger partial charge in [-0.3, -0.25) is 0 Å². The van der Waals surface area contributed by atoms with Crippen molar-refractivity contribution in [2.45, 2.75) is 52.5 Å². The molecule has 2 fully saturated rings. The van der Waals surface area contributed by atoms with Gasteiger partial charge in [0.25, 0.3) is 0 Å². The van der Waals surface area contributed by atoms with Crippen LogP contribution in [0.5, 0.6) is 0 Å². The number of hydrogen-bond donors (Lipinski definition) is 1. The molecule has 0 radical (unpaired) electrons. The second kappa shape index (κ2) is 4.27. The first kappa shape index (κ1) is 11.7. The smallest absolute Gasteiger partial charge is 0.317 e. The fraction of sp³-hybridized carbons (Fsp3) is 0.923. The van der Waals surface area contributed by atoms with Crippen LogP contribution in [0.25, 0.3) is 0 Å². The molecule has 1 saturated heterocycles. The lowest BCUT2D eigenvalue weighted by Crippen LogP contribution is -2.46. The van der Waals surface area contributed by atoms with Gasteiger partial charge in [0.15, 0.2) is 0 Å². The molecule has 0 bridgehead atoms. The second-order valence-corrected chi connectivity index (χ2v) is 6.35. The highest BCUT2D eigenvalue weighted by Crippen LogP contribution is 2.34. The van der Waals surface area contributed by atoms with Crippen molar-refractivity contribution >= 4 is 6.03 Å². The third kappa shape index (κ3) is 2.89. The Morgan fingerprint density at radius 3 is 2.12 bits per heavy atom. The van der Waals surface area contributed by atoms with E-state index in [-0.39, 0.29) is 6.03 Å². The molecule has 2 aliphatic rings. The highest BCUT2D eigenvalue weighted by Gasteiger charge is 2.32. The first-order chi connectivity index (χ1) is 7.47. The van der Waals surface area contributed by atoms with Gasteiger partial charge < -0.3 is 10.2 Å². The van der Waals surface area contributed by atoms with Gasteiger partial charge in [-0.1, -0.05) is 20.8 Å². The number of carbonyl (C=O) groups is 1. The number of rotatable bonds is 1. The Morgan fingerprint density at radius 1 is 1.12 bits per heavy atom. The van der Waals surface area contributed by atoms with Crippen molar-refractivity contribution in [3.63, 3.8) is 0 Å². The van der Waals surface area contributed by atoms with E-state index in [2.05, 4.69) is 26.1 Å². The fourth-order valence-corrected chi connectivity index (χ4v) is 2.44. The number of nitrogens with zero attached hydrogens (tertiary/aromatic N) is 1. The lowest BCUT2D eigenvalue weighted by Gasteiger charge is -2.38. The topological polar surface area (TPSA) is 32.3 Å². The predicted molar refractivity (Wildman–Crippen MR) is 65.3 cm³/mol. The average Bonchev–Trinajstić information content (AvgIpc) is 3.00. The summed E-state index contributed by atoms with van der Waals surface area (Å²) >= 11 is 0. The zero-order valence-electron chi connectivity index (χ0n) is 10.8. The number of carbonyl (C=O) groups excluding carboxylic acids is 1. The summed E-state index contributed by atoms with van der Waals surface area (Å²) in [5, 5.41) is 3.06. The van der Waals surface area contributed by atoms with Crippen molar-refractivity contribution in [1.29, 1.82) is 0 Å². The van der Waals surface area contributed by atoms with Gasteiger partial charge in [-0.05, 0) is 37.0 Å². The summed E-state index contributed by atoms with van der Waals surface area (Å²) in [7, 11) is 0. The largest absolute Gasteiger partial charge is 0.335 e. The Morgan fingerprint density at radius 2 is 1.69 bits per heavy atom. The van der Waals surface area contributed by atoms with Crippen LogP contribution in [0.4, 0.5) is 4.79 Å². The van der Waals surface area contributed by atoms with E-state index in [1.165, 1.54) is 12.8 Å². The van der Waals surface area contributed by atoms with Crippen LogP contribution in [0.3, 0.4) is 0 Å². The molecule has 0 unspecified atom stereocenters. The van der Waals surface area contributed by atoms with Crippen molar-refractivity contribution in [1.82, 2.24) is 10.2 Å². The molecule has 1 aliphatic heterocycles. The van der Waals surface area contributed by atoms with Gasteiger partial charge in [0, 0.05) is 19.1 Å². The molecule has 16 heavy (non-hydrogen) atoms.